The number of carbonyl (C=O) groups is 2. The Hall–Kier alpha value is -1.30. The molecule has 0 spiro atoms. The maximum atomic E-state index is 12.6. The Morgan fingerprint density at radius 3 is 2.64 bits per heavy atom. The second-order valence-corrected chi connectivity index (χ2v) is 6.35. The van der Waals surface area contributed by atoms with Crippen molar-refractivity contribution in [2.24, 2.45) is 5.92 Å². The average molecular weight is 342 g/mol. The zero-order valence-corrected chi connectivity index (χ0v) is 13.5. The highest BCUT2D eigenvalue weighted by Gasteiger charge is 2.40. The molecule has 0 saturated carbocycles. The van der Waals surface area contributed by atoms with Crippen LogP contribution >= 0.6 is 23.2 Å². The Labute approximate surface area is 139 Å². The van der Waals surface area contributed by atoms with Gasteiger partial charge in [-0.15, -0.1) is 0 Å². The zero-order chi connectivity index (χ0) is 15.7. The first-order chi connectivity index (χ1) is 10.6. The van der Waals surface area contributed by atoms with Crippen LogP contribution in [-0.2, 0) is 9.59 Å². The van der Waals surface area contributed by atoms with Crippen molar-refractivity contribution in [3.63, 3.8) is 0 Å². The second kappa shape index (κ2) is 6.44. The summed E-state index contributed by atoms with van der Waals surface area (Å²) >= 11 is 12.1. The summed E-state index contributed by atoms with van der Waals surface area (Å²) in [6.07, 6.45) is 0.518. The molecule has 2 aliphatic rings. The van der Waals surface area contributed by atoms with Gasteiger partial charge in [-0.25, -0.2) is 0 Å². The van der Waals surface area contributed by atoms with Crippen molar-refractivity contribution in [2.45, 2.75) is 6.42 Å². The van der Waals surface area contributed by atoms with E-state index in [-0.39, 0.29) is 11.8 Å². The molecule has 2 saturated heterocycles. The quantitative estimate of drug-likeness (QED) is 0.834. The van der Waals surface area contributed by atoms with E-state index in [1.807, 2.05) is 0 Å². The van der Waals surface area contributed by atoms with Gasteiger partial charge in [-0.3, -0.25) is 9.59 Å². The van der Waals surface area contributed by atoms with Crippen molar-refractivity contribution in [1.29, 1.82) is 0 Å². The van der Waals surface area contributed by atoms with Gasteiger partial charge in [-0.2, -0.15) is 0 Å². The molecular weight excluding hydrogens is 325 g/mol. The van der Waals surface area contributed by atoms with Crippen LogP contribution in [0, 0.1) is 5.92 Å². The van der Waals surface area contributed by atoms with E-state index in [4.69, 9.17) is 23.2 Å². The summed E-state index contributed by atoms with van der Waals surface area (Å²) in [5.41, 5.74) is 0.578. The fourth-order valence-corrected chi connectivity index (χ4v) is 3.33. The lowest BCUT2D eigenvalue weighted by molar-refractivity contribution is -0.140. The van der Waals surface area contributed by atoms with Crippen LogP contribution in [0.1, 0.15) is 6.42 Å². The number of anilines is 1. The molecule has 1 aromatic carbocycles. The minimum atomic E-state index is -0.604. The van der Waals surface area contributed by atoms with E-state index in [1.54, 1.807) is 28.0 Å². The smallest absolute Gasteiger partial charge is 0.239 e. The van der Waals surface area contributed by atoms with E-state index >= 15 is 0 Å². The molecule has 0 radical (unpaired) electrons. The maximum absolute atomic E-state index is 12.6. The Balaban J connectivity index is 1.77. The Morgan fingerprint density at radius 2 is 1.91 bits per heavy atom. The minimum absolute atomic E-state index is 0.0767. The van der Waals surface area contributed by atoms with Gasteiger partial charge in [0.1, 0.15) is 5.92 Å². The van der Waals surface area contributed by atoms with Crippen LogP contribution in [-0.4, -0.2) is 49.4 Å². The number of hydrogen-bond acceptors (Lipinski definition) is 3. The molecule has 1 aromatic rings. The number of nitrogens with one attached hydrogen (secondary N) is 1. The van der Waals surface area contributed by atoms with Gasteiger partial charge >= 0.3 is 0 Å². The van der Waals surface area contributed by atoms with Gasteiger partial charge in [0, 0.05) is 37.7 Å². The lowest BCUT2D eigenvalue weighted by Crippen LogP contribution is -2.49. The number of nitrogens with zero attached hydrogens (tertiary/aromatic N) is 2. The molecule has 0 aliphatic carbocycles. The molecular formula is C15H17Cl2N3O2. The Bertz CT molecular complexity index is 602. The van der Waals surface area contributed by atoms with Crippen molar-refractivity contribution in [3.8, 4) is 0 Å². The van der Waals surface area contributed by atoms with E-state index in [0.717, 1.165) is 13.1 Å². The topological polar surface area (TPSA) is 52.7 Å². The maximum Gasteiger partial charge on any atom is 0.239 e. The molecule has 0 aromatic heterocycles. The van der Waals surface area contributed by atoms with E-state index in [0.29, 0.717) is 41.8 Å². The predicted molar refractivity (Wildman–Crippen MR) is 86.4 cm³/mol. The fourth-order valence-electron chi connectivity index (χ4n) is 2.95. The van der Waals surface area contributed by atoms with Crippen molar-refractivity contribution >= 4 is 40.7 Å². The Morgan fingerprint density at radius 1 is 1.18 bits per heavy atom. The molecule has 1 N–H and O–H groups in total. The monoisotopic (exact) mass is 341 g/mol. The van der Waals surface area contributed by atoms with Crippen molar-refractivity contribution in [2.75, 3.05) is 37.6 Å². The normalized spacial score (nSPS) is 22.3. The van der Waals surface area contributed by atoms with Crippen LogP contribution < -0.4 is 10.2 Å². The van der Waals surface area contributed by atoms with Crippen LogP contribution in [0.25, 0.3) is 0 Å². The summed E-state index contributed by atoms with van der Waals surface area (Å²) < 4.78 is 0. The molecule has 2 aliphatic heterocycles. The molecule has 5 nitrogen and oxygen atoms in total. The molecule has 2 heterocycles. The van der Waals surface area contributed by atoms with Gasteiger partial charge in [0.25, 0.3) is 0 Å². The van der Waals surface area contributed by atoms with Crippen LogP contribution in [0.3, 0.4) is 0 Å². The Kier molecular flexibility index (Phi) is 4.57. The molecule has 22 heavy (non-hydrogen) atoms. The number of benzene rings is 1. The summed E-state index contributed by atoms with van der Waals surface area (Å²) in [4.78, 5) is 28.5. The molecule has 118 valence electrons. The molecule has 1 atom stereocenters. The van der Waals surface area contributed by atoms with Crippen molar-refractivity contribution < 1.29 is 9.59 Å². The first kappa shape index (κ1) is 15.6. The number of hydrogen-bond donors (Lipinski definition) is 1. The predicted octanol–water partition coefficient (Wildman–Crippen LogP) is 1.78. The zero-order valence-electron chi connectivity index (χ0n) is 12.0. The lowest BCUT2D eigenvalue weighted by atomic mass is 10.1. The summed E-state index contributed by atoms with van der Waals surface area (Å²) in [5, 5.41) is 4.18. The summed E-state index contributed by atoms with van der Waals surface area (Å²) in [7, 11) is 0. The molecule has 7 heteroatoms. The van der Waals surface area contributed by atoms with Crippen LogP contribution in [0.2, 0.25) is 10.0 Å². The SMILES string of the molecule is O=C([C@H]1CCN(c2cc(Cl)ccc2Cl)C1=O)N1CCNCC1. The van der Waals surface area contributed by atoms with Gasteiger partial charge in [0.15, 0.2) is 0 Å². The number of amides is 2. The van der Waals surface area contributed by atoms with E-state index in [1.165, 1.54) is 0 Å². The minimum Gasteiger partial charge on any atom is -0.339 e. The van der Waals surface area contributed by atoms with E-state index in [9.17, 15) is 9.59 Å². The molecule has 0 unspecified atom stereocenters. The summed E-state index contributed by atoms with van der Waals surface area (Å²) in [5.74, 6) is -0.868. The highest BCUT2D eigenvalue weighted by Crippen LogP contribution is 2.34. The lowest BCUT2D eigenvalue weighted by Gasteiger charge is -2.29. The number of halogens is 2. The fraction of sp³-hybridized carbons (Fsp3) is 0.467. The van der Waals surface area contributed by atoms with E-state index in [2.05, 4.69) is 5.32 Å². The summed E-state index contributed by atoms with van der Waals surface area (Å²) in [6, 6.07) is 5.01. The molecule has 0 bridgehead atoms. The molecule has 2 fully saturated rings. The molecule has 2 amide bonds. The van der Waals surface area contributed by atoms with Crippen LogP contribution in [0.15, 0.2) is 18.2 Å². The highest BCUT2D eigenvalue weighted by molar-refractivity contribution is 6.36. The first-order valence-corrected chi connectivity index (χ1v) is 8.09. The second-order valence-electron chi connectivity index (χ2n) is 5.50. The summed E-state index contributed by atoms with van der Waals surface area (Å²) in [6.45, 7) is 3.34. The third-order valence-electron chi connectivity index (χ3n) is 4.13. The highest BCUT2D eigenvalue weighted by atomic mass is 35.5. The van der Waals surface area contributed by atoms with Crippen LogP contribution in [0.5, 0.6) is 0 Å². The third-order valence-corrected chi connectivity index (χ3v) is 4.69. The third kappa shape index (κ3) is 2.93. The largest absolute Gasteiger partial charge is 0.339 e. The van der Waals surface area contributed by atoms with Gasteiger partial charge in [0.05, 0.1) is 10.7 Å². The van der Waals surface area contributed by atoms with Gasteiger partial charge < -0.3 is 15.1 Å². The number of piperazine rings is 1. The van der Waals surface area contributed by atoms with Crippen LogP contribution in [0.4, 0.5) is 5.69 Å². The van der Waals surface area contributed by atoms with Crippen molar-refractivity contribution in [1.82, 2.24) is 10.2 Å². The standard InChI is InChI=1S/C15H17Cl2N3O2/c16-10-1-2-12(17)13(9-10)20-6-3-11(15(20)22)14(21)19-7-4-18-5-8-19/h1-2,9,11,18H,3-8H2/t11-/m1/s1. The number of carbonyl (C=O) groups excluding carboxylic acids is 2. The van der Waals surface area contributed by atoms with Crippen molar-refractivity contribution in [3.05, 3.63) is 28.2 Å². The average Bonchev–Trinajstić information content (AvgIpc) is 2.91. The first-order valence-electron chi connectivity index (χ1n) is 7.34. The van der Waals surface area contributed by atoms with Gasteiger partial charge in [-0.05, 0) is 24.6 Å². The molecule has 3 rings (SSSR count). The van der Waals surface area contributed by atoms with Gasteiger partial charge in [-0.1, -0.05) is 23.2 Å². The number of rotatable bonds is 2. The van der Waals surface area contributed by atoms with E-state index < -0.39 is 5.92 Å². The van der Waals surface area contributed by atoms with Gasteiger partial charge in [0.2, 0.25) is 11.8 Å².